The van der Waals surface area contributed by atoms with Gasteiger partial charge >= 0.3 is 0 Å². The van der Waals surface area contributed by atoms with Crippen LogP contribution in [0.3, 0.4) is 0 Å². The van der Waals surface area contributed by atoms with Crippen LogP contribution in [0.25, 0.3) is 10.8 Å². The van der Waals surface area contributed by atoms with E-state index in [-0.39, 0.29) is 5.41 Å². The Hall–Kier alpha value is -1.83. The molecule has 1 saturated heterocycles. The first-order valence-corrected chi connectivity index (χ1v) is 9.14. The second-order valence-electron chi connectivity index (χ2n) is 8.65. The number of hydrogen-bond acceptors (Lipinski definition) is 1. The molecule has 0 spiro atoms. The van der Waals surface area contributed by atoms with Gasteiger partial charge in [0, 0.05) is 13.1 Å². The van der Waals surface area contributed by atoms with E-state index in [0.717, 1.165) is 18.7 Å². The van der Waals surface area contributed by atoms with Crippen LogP contribution in [0.2, 0.25) is 0 Å². The average Bonchev–Trinajstić information content (AvgIpc) is 2.70. The van der Waals surface area contributed by atoms with Crippen molar-refractivity contribution in [3.8, 4) is 0 Å². The van der Waals surface area contributed by atoms with Crippen molar-refractivity contribution in [2.45, 2.75) is 40.0 Å². The maximum Gasteiger partial charge on any atom is 0.227 e. The molecule has 2 aliphatic rings. The van der Waals surface area contributed by atoms with Gasteiger partial charge in [-0.05, 0) is 45.9 Å². The molecule has 1 unspecified atom stereocenters. The maximum absolute atomic E-state index is 12.9. The van der Waals surface area contributed by atoms with Gasteiger partial charge in [-0.2, -0.15) is 0 Å². The van der Waals surface area contributed by atoms with E-state index in [1.165, 1.54) is 23.6 Å². The highest BCUT2D eigenvalue weighted by Crippen LogP contribution is 2.58. The number of carbonyl (C=O) groups is 1. The summed E-state index contributed by atoms with van der Waals surface area (Å²) in [5.74, 6) is 0.940. The van der Waals surface area contributed by atoms with Gasteiger partial charge in [-0.25, -0.2) is 0 Å². The molecule has 2 heteroatoms. The lowest BCUT2D eigenvalue weighted by Gasteiger charge is -2.50. The zero-order chi connectivity index (χ0) is 16.9. The van der Waals surface area contributed by atoms with Crippen molar-refractivity contribution in [1.82, 2.24) is 4.90 Å². The molecule has 1 amide bonds. The Morgan fingerprint density at radius 1 is 1.12 bits per heavy atom. The third kappa shape index (κ3) is 2.35. The van der Waals surface area contributed by atoms with Gasteiger partial charge in [0.25, 0.3) is 0 Å². The third-order valence-corrected chi connectivity index (χ3v) is 7.12. The summed E-state index contributed by atoms with van der Waals surface area (Å²) < 4.78 is 0. The highest BCUT2D eigenvalue weighted by molar-refractivity contribution is 5.85. The van der Waals surface area contributed by atoms with Crippen molar-refractivity contribution in [3.05, 3.63) is 48.0 Å². The van der Waals surface area contributed by atoms with Gasteiger partial charge in [0.15, 0.2) is 0 Å². The molecular weight excluding hydrogens is 294 g/mol. The summed E-state index contributed by atoms with van der Waals surface area (Å²) in [6.07, 6.45) is 3.04. The predicted molar refractivity (Wildman–Crippen MR) is 98.8 cm³/mol. The van der Waals surface area contributed by atoms with Gasteiger partial charge < -0.3 is 4.90 Å². The van der Waals surface area contributed by atoms with E-state index in [9.17, 15) is 4.79 Å². The van der Waals surface area contributed by atoms with Gasteiger partial charge in [-0.3, -0.25) is 4.79 Å². The average molecular weight is 321 g/mol. The van der Waals surface area contributed by atoms with Crippen molar-refractivity contribution < 1.29 is 4.79 Å². The SMILES string of the molecule is CC1(C)C2CC[C@]1(C)CN(C(=O)Cc1ccc3ccccc3c1)C2. The third-order valence-electron chi connectivity index (χ3n) is 7.12. The van der Waals surface area contributed by atoms with Crippen LogP contribution < -0.4 is 0 Å². The van der Waals surface area contributed by atoms with Crippen molar-refractivity contribution >= 4 is 16.7 Å². The Labute approximate surface area is 144 Å². The fraction of sp³-hybridized carbons (Fsp3) is 0.500. The Morgan fingerprint density at radius 3 is 2.62 bits per heavy atom. The molecule has 0 aromatic heterocycles. The number of amides is 1. The lowest BCUT2D eigenvalue weighted by molar-refractivity contribution is -0.138. The number of hydrogen-bond donors (Lipinski definition) is 0. The monoisotopic (exact) mass is 321 g/mol. The number of fused-ring (bicyclic) bond motifs is 3. The Morgan fingerprint density at radius 2 is 1.88 bits per heavy atom. The molecule has 1 aliphatic heterocycles. The normalized spacial score (nSPS) is 28.3. The number of nitrogens with zero attached hydrogens (tertiary/aromatic N) is 1. The minimum absolute atomic E-state index is 0.273. The molecule has 2 nitrogen and oxygen atoms in total. The van der Waals surface area contributed by atoms with Crippen LogP contribution in [0.1, 0.15) is 39.2 Å². The molecule has 2 aromatic rings. The number of carbonyl (C=O) groups excluding carboxylic acids is 1. The summed E-state index contributed by atoms with van der Waals surface area (Å²) in [6.45, 7) is 9.03. The van der Waals surface area contributed by atoms with Gasteiger partial charge in [-0.15, -0.1) is 0 Å². The summed E-state index contributed by atoms with van der Waals surface area (Å²) in [4.78, 5) is 15.0. The smallest absolute Gasteiger partial charge is 0.227 e. The van der Waals surface area contributed by atoms with E-state index in [1.807, 2.05) is 0 Å². The molecule has 24 heavy (non-hydrogen) atoms. The van der Waals surface area contributed by atoms with E-state index < -0.39 is 0 Å². The van der Waals surface area contributed by atoms with E-state index >= 15 is 0 Å². The number of benzene rings is 2. The Kier molecular flexibility index (Phi) is 3.49. The fourth-order valence-corrected chi connectivity index (χ4v) is 4.85. The summed E-state index contributed by atoms with van der Waals surface area (Å²) in [7, 11) is 0. The Balaban J connectivity index is 1.52. The molecule has 2 fully saturated rings. The molecule has 2 bridgehead atoms. The summed E-state index contributed by atoms with van der Waals surface area (Å²) in [6, 6.07) is 14.7. The van der Waals surface area contributed by atoms with Crippen LogP contribution in [-0.2, 0) is 11.2 Å². The van der Waals surface area contributed by atoms with Gasteiger partial charge in [-0.1, -0.05) is 63.2 Å². The van der Waals surface area contributed by atoms with Crippen molar-refractivity contribution in [1.29, 1.82) is 0 Å². The topological polar surface area (TPSA) is 20.3 Å². The molecule has 0 radical (unpaired) electrons. The molecule has 2 atom stereocenters. The summed E-state index contributed by atoms with van der Waals surface area (Å²) in [5.41, 5.74) is 1.75. The molecule has 0 N–H and O–H groups in total. The number of piperidine rings is 1. The molecule has 126 valence electrons. The van der Waals surface area contributed by atoms with Crippen LogP contribution >= 0.6 is 0 Å². The molecule has 2 aromatic carbocycles. The molecule has 4 rings (SSSR count). The second kappa shape index (κ2) is 5.34. The molecule has 1 aliphatic carbocycles. The van der Waals surface area contributed by atoms with E-state index in [4.69, 9.17) is 0 Å². The van der Waals surface area contributed by atoms with Crippen LogP contribution in [0.15, 0.2) is 42.5 Å². The van der Waals surface area contributed by atoms with Crippen molar-refractivity contribution in [2.24, 2.45) is 16.7 Å². The van der Waals surface area contributed by atoms with E-state index in [1.54, 1.807) is 0 Å². The van der Waals surface area contributed by atoms with Crippen LogP contribution in [0.4, 0.5) is 0 Å². The lowest BCUT2D eigenvalue weighted by Crippen LogP contribution is -2.54. The molecule has 1 saturated carbocycles. The predicted octanol–water partition coefficient (Wildman–Crippen LogP) is 4.67. The molecular formula is C22H27NO. The number of likely N-dealkylation sites (tertiary alicyclic amines) is 1. The van der Waals surface area contributed by atoms with Crippen LogP contribution in [-0.4, -0.2) is 23.9 Å². The van der Waals surface area contributed by atoms with Crippen LogP contribution in [0.5, 0.6) is 0 Å². The highest BCUT2D eigenvalue weighted by atomic mass is 16.2. The van der Waals surface area contributed by atoms with E-state index in [0.29, 0.717) is 23.7 Å². The highest BCUT2D eigenvalue weighted by Gasteiger charge is 2.55. The second-order valence-corrected chi connectivity index (χ2v) is 8.65. The van der Waals surface area contributed by atoms with Crippen LogP contribution in [0, 0.1) is 16.7 Å². The summed E-state index contributed by atoms with van der Waals surface area (Å²) in [5, 5.41) is 2.45. The fourth-order valence-electron chi connectivity index (χ4n) is 4.85. The van der Waals surface area contributed by atoms with E-state index in [2.05, 4.69) is 68.1 Å². The maximum atomic E-state index is 12.9. The van der Waals surface area contributed by atoms with Crippen molar-refractivity contribution in [3.63, 3.8) is 0 Å². The zero-order valence-corrected chi connectivity index (χ0v) is 15.0. The van der Waals surface area contributed by atoms with Gasteiger partial charge in [0.1, 0.15) is 0 Å². The minimum Gasteiger partial charge on any atom is -0.342 e. The largest absolute Gasteiger partial charge is 0.342 e. The first-order chi connectivity index (χ1) is 11.4. The number of rotatable bonds is 2. The quantitative estimate of drug-likeness (QED) is 0.787. The molecule has 1 heterocycles. The standard InChI is InChI=1S/C22H27NO/c1-21(2)19-10-11-22(21,3)15-23(14-19)20(24)13-16-8-9-17-6-4-5-7-18(17)12-16/h4-9,12,19H,10-11,13-15H2,1-3H3/t19?,22-/m1/s1. The van der Waals surface area contributed by atoms with Gasteiger partial charge in [0.05, 0.1) is 6.42 Å². The zero-order valence-electron chi connectivity index (χ0n) is 15.0. The minimum atomic E-state index is 0.273. The summed E-state index contributed by atoms with van der Waals surface area (Å²) >= 11 is 0. The van der Waals surface area contributed by atoms with Crippen molar-refractivity contribution in [2.75, 3.05) is 13.1 Å². The first-order valence-electron chi connectivity index (χ1n) is 9.14. The lowest BCUT2D eigenvalue weighted by atomic mass is 9.63. The van der Waals surface area contributed by atoms with Gasteiger partial charge in [0.2, 0.25) is 5.91 Å². The first kappa shape index (κ1) is 15.7. The Bertz CT molecular complexity index is 793.